The number of ether oxygens (including phenoxy) is 1. The summed E-state index contributed by atoms with van der Waals surface area (Å²) in [6.07, 6.45) is 1.23. The van der Waals surface area contributed by atoms with Crippen molar-refractivity contribution in [2.45, 2.75) is 12.5 Å². The van der Waals surface area contributed by atoms with E-state index >= 15 is 0 Å². The summed E-state index contributed by atoms with van der Waals surface area (Å²) >= 11 is 3.43. The highest BCUT2D eigenvalue weighted by atomic mass is 79.9. The van der Waals surface area contributed by atoms with E-state index in [1.165, 1.54) is 12.0 Å². The molecule has 0 aromatic heterocycles. The van der Waals surface area contributed by atoms with Crippen molar-refractivity contribution in [3.05, 3.63) is 28.2 Å². The van der Waals surface area contributed by atoms with E-state index in [0.717, 1.165) is 16.8 Å². The lowest BCUT2D eigenvalue weighted by atomic mass is 9.98. The second-order valence-electron chi connectivity index (χ2n) is 3.19. The molecule has 13 heavy (non-hydrogen) atoms. The second kappa shape index (κ2) is 3.68. The number of methoxy groups -OCH3 is 1. The zero-order chi connectivity index (χ0) is 9.26. The minimum Gasteiger partial charge on any atom is -0.496 e. The molecule has 1 aromatic rings. The predicted molar refractivity (Wildman–Crippen MR) is 56.1 cm³/mol. The van der Waals surface area contributed by atoms with Crippen molar-refractivity contribution in [3.8, 4) is 5.75 Å². The summed E-state index contributed by atoms with van der Waals surface area (Å²) in [4.78, 5) is 0. The maximum Gasteiger partial charge on any atom is 0.133 e. The van der Waals surface area contributed by atoms with E-state index in [4.69, 9.17) is 4.74 Å². The Hall–Kier alpha value is -0.540. The van der Waals surface area contributed by atoms with Gasteiger partial charge in [-0.2, -0.15) is 0 Å². The van der Waals surface area contributed by atoms with Gasteiger partial charge in [0.15, 0.2) is 0 Å². The van der Waals surface area contributed by atoms with Crippen molar-refractivity contribution in [2.75, 3.05) is 13.7 Å². The van der Waals surface area contributed by atoms with E-state index in [0.29, 0.717) is 6.04 Å². The zero-order valence-electron chi connectivity index (χ0n) is 7.51. The lowest BCUT2D eigenvalue weighted by molar-refractivity contribution is 0.377. The number of rotatable bonds is 2. The Kier molecular flexibility index (Phi) is 2.56. The molecule has 0 amide bonds. The van der Waals surface area contributed by atoms with Crippen molar-refractivity contribution >= 4 is 15.9 Å². The number of hydrogen-bond acceptors (Lipinski definition) is 2. The predicted octanol–water partition coefficient (Wildman–Crippen LogP) is 2.49. The molecule has 0 bridgehead atoms. The molecular formula is C10H12BrNO. The molecule has 0 aliphatic carbocycles. The molecule has 0 radical (unpaired) electrons. The first kappa shape index (κ1) is 9.03. The van der Waals surface area contributed by atoms with Crippen molar-refractivity contribution in [2.24, 2.45) is 0 Å². The summed E-state index contributed by atoms with van der Waals surface area (Å²) in [5.41, 5.74) is 1.31. The van der Waals surface area contributed by atoms with Crippen LogP contribution in [0.3, 0.4) is 0 Å². The average molecular weight is 242 g/mol. The van der Waals surface area contributed by atoms with Crippen LogP contribution in [-0.4, -0.2) is 13.7 Å². The van der Waals surface area contributed by atoms with Gasteiger partial charge in [-0.15, -0.1) is 0 Å². The van der Waals surface area contributed by atoms with Crippen LogP contribution in [0.5, 0.6) is 5.75 Å². The van der Waals surface area contributed by atoms with E-state index in [-0.39, 0.29) is 0 Å². The van der Waals surface area contributed by atoms with Crippen LogP contribution in [0.2, 0.25) is 0 Å². The first-order valence-electron chi connectivity index (χ1n) is 4.38. The van der Waals surface area contributed by atoms with Gasteiger partial charge in [-0.3, -0.25) is 0 Å². The summed E-state index contributed by atoms with van der Waals surface area (Å²) in [6.45, 7) is 1.13. The SMILES string of the molecule is COc1cc([C@H]2CCN2)ccc1Br. The Morgan fingerprint density at radius 3 is 2.85 bits per heavy atom. The van der Waals surface area contributed by atoms with E-state index in [9.17, 15) is 0 Å². The van der Waals surface area contributed by atoms with Gasteiger partial charge in [-0.25, -0.2) is 0 Å². The Morgan fingerprint density at radius 1 is 1.54 bits per heavy atom. The maximum atomic E-state index is 5.23. The van der Waals surface area contributed by atoms with E-state index < -0.39 is 0 Å². The molecule has 2 rings (SSSR count). The van der Waals surface area contributed by atoms with Crippen LogP contribution in [0, 0.1) is 0 Å². The van der Waals surface area contributed by atoms with E-state index in [2.05, 4.69) is 33.4 Å². The van der Waals surface area contributed by atoms with Gasteiger partial charge in [-0.1, -0.05) is 6.07 Å². The maximum absolute atomic E-state index is 5.23. The molecule has 1 saturated heterocycles. The molecule has 70 valence electrons. The molecule has 0 unspecified atom stereocenters. The third-order valence-electron chi connectivity index (χ3n) is 2.40. The van der Waals surface area contributed by atoms with Crippen LogP contribution in [0.25, 0.3) is 0 Å². The number of halogens is 1. The molecule has 0 spiro atoms. The molecule has 1 aromatic carbocycles. The van der Waals surface area contributed by atoms with Crippen LogP contribution in [0.15, 0.2) is 22.7 Å². The largest absolute Gasteiger partial charge is 0.496 e. The Balaban J connectivity index is 2.26. The van der Waals surface area contributed by atoms with Crippen molar-refractivity contribution < 1.29 is 4.74 Å². The van der Waals surface area contributed by atoms with Gasteiger partial charge >= 0.3 is 0 Å². The van der Waals surface area contributed by atoms with E-state index in [1.807, 2.05) is 6.07 Å². The molecule has 1 fully saturated rings. The van der Waals surface area contributed by atoms with Gasteiger partial charge in [0, 0.05) is 6.04 Å². The number of hydrogen-bond donors (Lipinski definition) is 1. The molecule has 0 saturated carbocycles. The Morgan fingerprint density at radius 2 is 2.31 bits per heavy atom. The van der Waals surface area contributed by atoms with Gasteiger partial charge in [0.25, 0.3) is 0 Å². The number of nitrogens with one attached hydrogen (secondary N) is 1. The van der Waals surface area contributed by atoms with Crippen LogP contribution in [0.1, 0.15) is 18.0 Å². The summed E-state index contributed by atoms with van der Waals surface area (Å²) < 4.78 is 6.24. The molecular weight excluding hydrogens is 230 g/mol. The third-order valence-corrected chi connectivity index (χ3v) is 3.06. The van der Waals surface area contributed by atoms with Gasteiger partial charge in [0.2, 0.25) is 0 Å². The molecule has 1 atom stereocenters. The van der Waals surface area contributed by atoms with E-state index in [1.54, 1.807) is 7.11 Å². The third kappa shape index (κ3) is 1.71. The van der Waals surface area contributed by atoms with Crippen molar-refractivity contribution in [3.63, 3.8) is 0 Å². The van der Waals surface area contributed by atoms with Gasteiger partial charge in [0.1, 0.15) is 5.75 Å². The highest BCUT2D eigenvalue weighted by Crippen LogP contribution is 2.31. The first-order valence-corrected chi connectivity index (χ1v) is 5.17. The highest BCUT2D eigenvalue weighted by Gasteiger charge is 2.19. The van der Waals surface area contributed by atoms with Gasteiger partial charge in [-0.05, 0) is 46.6 Å². The Labute approximate surface area is 86.4 Å². The van der Waals surface area contributed by atoms with Crippen LogP contribution < -0.4 is 10.1 Å². The average Bonchev–Trinajstić information content (AvgIpc) is 2.05. The fourth-order valence-corrected chi connectivity index (χ4v) is 1.87. The normalized spacial score (nSPS) is 20.9. The minimum absolute atomic E-state index is 0.530. The zero-order valence-corrected chi connectivity index (χ0v) is 9.10. The standard InChI is InChI=1S/C10H12BrNO/c1-13-10-6-7(2-3-8(10)11)9-4-5-12-9/h2-3,6,9,12H,4-5H2,1H3/t9-/m1/s1. The summed E-state index contributed by atoms with van der Waals surface area (Å²) in [5, 5.41) is 3.36. The summed E-state index contributed by atoms with van der Waals surface area (Å²) in [5.74, 6) is 0.909. The van der Waals surface area contributed by atoms with Crippen LogP contribution in [-0.2, 0) is 0 Å². The summed E-state index contributed by atoms with van der Waals surface area (Å²) in [7, 11) is 1.69. The fraction of sp³-hybridized carbons (Fsp3) is 0.400. The lowest BCUT2D eigenvalue weighted by Gasteiger charge is -2.28. The van der Waals surface area contributed by atoms with Crippen LogP contribution in [0.4, 0.5) is 0 Å². The monoisotopic (exact) mass is 241 g/mol. The molecule has 1 aliphatic heterocycles. The fourth-order valence-electron chi connectivity index (χ4n) is 1.47. The molecule has 1 heterocycles. The highest BCUT2D eigenvalue weighted by molar-refractivity contribution is 9.10. The minimum atomic E-state index is 0.530. The Bertz CT molecular complexity index is 310. The smallest absolute Gasteiger partial charge is 0.133 e. The van der Waals surface area contributed by atoms with Gasteiger partial charge < -0.3 is 10.1 Å². The first-order chi connectivity index (χ1) is 6.31. The number of benzene rings is 1. The van der Waals surface area contributed by atoms with Crippen LogP contribution >= 0.6 is 15.9 Å². The molecule has 1 N–H and O–H groups in total. The van der Waals surface area contributed by atoms with Crippen molar-refractivity contribution in [1.82, 2.24) is 5.32 Å². The second-order valence-corrected chi connectivity index (χ2v) is 4.04. The van der Waals surface area contributed by atoms with Crippen molar-refractivity contribution in [1.29, 1.82) is 0 Å². The molecule has 1 aliphatic rings. The molecule has 2 nitrogen and oxygen atoms in total. The van der Waals surface area contributed by atoms with Gasteiger partial charge in [0.05, 0.1) is 11.6 Å². The lowest BCUT2D eigenvalue weighted by Crippen LogP contribution is -2.34. The quantitative estimate of drug-likeness (QED) is 0.860. The molecule has 3 heteroatoms. The topological polar surface area (TPSA) is 21.3 Å². The summed E-state index contributed by atoms with van der Waals surface area (Å²) in [6, 6.07) is 6.78.